The Morgan fingerprint density at radius 3 is 1.07 bits per heavy atom. The summed E-state index contributed by atoms with van der Waals surface area (Å²) in [7, 11) is 0. The van der Waals surface area contributed by atoms with Gasteiger partial charge >= 0.3 is 0 Å². The van der Waals surface area contributed by atoms with E-state index >= 15 is 0 Å². The number of ether oxygens (including phenoxy) is 2. The zero-order chi connectivity index (χ0) is 48.8. The molecule has 1 aliphatic heterocycles. The number of amides is 1. The van der Waals surface area contributed by atoms with E-state index in [1.807, 2.05) is 18.2 Å². The first-order valence-corrected chi connectivity index (χ1v) is 31.7. The first-order valence-electron chi connectivity index (χ1n) is 30.9. The largest absolute Gasteiger partial charge is 0.397 e. The Morgan fingerprint density at radius 1 is 0.449 bits per heavy atom. The van der Waals surface area contributed by atoms with Gasteiger partial charge in [0.05, 0.1) is 24.6 Å². The molecule has 1 amide bonds. The molecule has 0 bridgehead atoms. The van der Waals surface area contributed by atoms with Crippen molar-refractivity contribution in [2.45, 2.75) is 327 Å². The smallest absolute Gasteiger partial charge is 0.248 e. The van der Waals surface area contributed by atoms with Gasteiger partial charge in [-0.1, -0.05) is 311 Å². The summed E-state index contributed by atoms with van der Waals surface area (Å²) >= 11 is 3.47. The van der Waals surface area contributed by atoms with Crippen molar-refractivity contribution in [1.29, 1.82) is 0 Å². The molecule has 3 rings (SSSR count). The second kappa shape index (κ2) is 45.3. The van der Waals surface area contributed by atoms with Gasteiger partial charge in [0.2, 0.25) is 5.91 Å². The molecule has 2 aliphatic rings. The maximum atomic E-state index is 13.1. The van der Waals surface area contributed by atoms with Crippen LogP contribution in [0, 0.1) is 5.92 Å². The number of nitrogen functional groups attached to an aromatic ring is 1. The number of anilines is 2. The molecule has 0 radical (unpaired) electrons. The average Bonchev–Trinajstić information content (AvgIpc) is 3.82. The number of rotatable bonds is 3. The molecule has 1 aromatic carbocycles. The van der Waals surface area contributed by atoms with Gasteiger partial charge < -0.3 is 20.5 Å². The van der Waals surface area contributed by atoms with E-state index < -0.39 is 5.79 Å². The van der Waals surface area contributed by atoms with Crippen LogP contribution in [0.5, 0.6) is 0 Å². The van der Waals surface area contributed by atoms with Crippen LogP contribution in [-0.4, -0.2) is 24.9 Å². The fraction of sp³-hybridized carbons (Fsp3) is 0.857. The van der Waals surface area contributed by atoms with Gasteiger partial charge in [-0.05, 0) is 49.5 Å². The summed E-state index contributed by atoms with van der Waals surface area (Å²) in [4.78, 5) is 13.1. The number of benzene rings is 1. The SMILES string of the molecule is Nc1cc(Br)ccc1NC(=O)C=CC1CCCCCCCCCCCCCCCCCCCCCCCCCCCCCCCCCCCCCCCCCCCCCCCCC2(CC1)OCCO2. The summed E-state index contributed by atoms with van der Waals surface area (Å²) in [5, 5.41) is 2.99. The van der Waals surface area contributed by atoms with Gasteiger partial charge in [-0.2, -0.15) is 0 Å². The Balaban J connectivity index is 1.34. The van der Waals surface area contributed by atoms with E-state index in [9.17, 15) is 4.79 Å². The molecular formula is C63H113BrN2O3. The van der Waals surface area contributed by atoms with Crippen LogP contribution < -0.4 is 11.1 Å². The molecule has 0 aromatic heterocycles. The van der Waals surface area contributed by atoms with E-state index in [4.69, 9.17) is 15.2 Å². The molecular weight excluding hydrogens is 913 g/mol. The van der Waals surface area contributed by atoms with Gasteiger partial charge in [-0.15, -0.1) is 0 Å². The van der Waals surface area contributed by atoms with Crippen molar-refractivity contribution in [2.75, 3.05) is 24.3 Å². The third-order valence-electron chi connectivity index (χ3n) is 15.9. The molecule has 1 heterocycles. The van der Waals surface area contributed by atoms with Crippen molar-refractivity contribution in [3.8, 4) is 0 Å². The normalized spacial score (nSPS) is 23.8. The van der Waals surface area contributed by atoms with Gasteiger partial charge in [-0.25, -0.2) is 0 Å². The van der Waals surface area contributed by atoms with Crippen molar-refractivity contribution in [1.82, 2.24) is 0 Å². The standard InChI is InChI=1S/C63H113BrN2O3/c64-59-49-50-61(60(65)57-59)66-62(67)51-48-58-47-45-43-41-39-37-35-33-31-29-27-25-23-21-19-17-15-13-11-9-7-5-3-1-2-4-6-8-10-12-14-16-18-20-22-24-26-28-30-32-34-36-38-40-42-44-46-53-63(54-52-58)68-55-56-69-63/h48-51,57-58H,1-47,52-56,65H2,(H,66,67). The Kier molecular flexibility index (Phi) is 40.6. The molecule has 1 aliphatic carbocycles. The maximum Gasteiger partial charge on any atom is 0.248 e. The predicted octanol–water partition coefficient (Wildman–Crippen LogP) is 21.4. The molecule has 5 nitrogen and oxygen atoms in total. The summed E-state index contributed by atoms with van der Waals surface area (Å²) in [6.07, 6.45) is 73.2. The van der Waals surface area contributed by atoms with E-state index in [0.29, 0.717) is 30.5 Å². The second-order valence-corrected chi connectivity index (χ2v) is 23.2. The molecule has 1 unspecified atom stereocenters. The van der Waals surface area contributed by atoms with Crippen molar-refractivity contribution in [2.24, 2.45) is 5.92 Å². The van der Waals surface area contributed by atoms with Crippen LogP contribution in [0.25, 0.3) is 0 Å². The minimum atomic E-state index is -0.456. The number of carbonyl (C=O) groups excluding carboxylic acids is 1. The summed E-state index contributed by atoms with van der Waals surface area (Å²) in [5.41, 5.74) is 7.40. The number of hydrogen-bond donors (Lipinski definition) is 2. The van der Waals surface area contributed by atoms with E-state index in [1.165, 1.54) is 289 Å². The molecule has 2 fully saturated rings. The number of nitrogens with two attached hydrogens (primary N) is 1. The molecule has 69 heavy (non-hydrogen) atoms. The van der Waals surface area contributed by atoms with Gasteiger partial charge in [0.15, 0.2) is 5.79 Å². The quantitative estimate of drug-likeness (QED) is 0.234. The number of allylic oxidation sites excluding steroid dienone is 1. The molecule has 1 spiro atoms. The van der Waals surface area contributed by atoms with Gasteiger partial charge in [0.25, 0.3) is 0 Å². The van der Waals surface area contributed by atoms with Crippen LogP contribution >= 0.6 is 15.9 Å². The van der Waals surface area contributed by atoms with E-state index in [-0.39, 0.29) is 5.91 Å². The Hall–Kier alpha value is -1.37. The van der Waals surface area contributed by atoms with E-state index in [0.717, 1.165) is 36.6 Å². The van der Waals surface area contributed by atoms with Crippen LogP contribution in [-0.2, 0) is 14.3 Å². The highest BCUT2D eigenvalue weighted by Gasteiger charge is 2.36. The lowest BCUT2D eigenvalue weighted by Crippen LogP contribution is -2.30. The number of carbonyl (C=O) groups is 1. The Morgan fingerprint density at radius 2 is 0.754 bits per heavy atom. The zero-order valence-electron chi connectivity index (χ0n) is 45.4. The summed E-state index contributed by atoms with van der Waals surface area (Å²) in [6.45, 7) is 1.38. The minimum Gasteiger partial charge on any atom is -0.397 e. The van der Waals surface area contributed by atoms with Crippen LogP contribution in [0.1, 0.15) is 321 Å². The molecule has 6 heteroatoms. The third kappa shape index (κ3) is 36.2. The van der Waals surface area contributed by atoms with Crippen LogP contribution in [0.4, 0.5) is 11.4 Å². The molecule has 3 N–H and O–H groups in total. The summed E-state index contributed by atoms with van der Waals surface area (Å²) < 4.78 is 13.7. The Bertz CT molecular complexity index is 1330. The van der Waals surface area contributed by atoms with Gasteiger partial charge in [0.1, 0.15) is 0 Å². The lowest BCUT2D eigenvalue weighted by atomic mass is 9.91. The van der Waals surface area contributed by atoms with E-state index in [1.54, 1.807) is 6.08 Å². The number of nitrogens with one attached hydrogen (secondary N) is 1. The topological polar surface area (TPSA) is 73.6 Å². The maximum absolute atomic E-state index is 13.1. The van der Waals surface area contributed by atoms with Crippen LogP contribution in [0.15, 0.2) is 34.8 Å². The molecule has 1 saturated heterocycles. The highest BCUT2D eigenvalue weighted by molar-refractivity contribution is 9.10. The molecule has 1 saturated carbocycles. The zero-order valence-corrected chi connectivity index (χ0v) is 47.0. The van der Waals surface area contributed by atoms with Crippen molar-refractivity contribution >= 4 is 33.2 Å². The minimum absolute atomic E-state index is 0.123. The highest BCUT2D eigenvalue weighted by atomic mass is 79.9. The monoisotopic (exact) mass is 1020 g/mol. The molecule has 1 atom stereocenters. The van der Waals surface area contributed by atoms with Gasteiger partial charge in [0, 0.05) is 17.3 Å². The van der Waals surface area contributed by atoms with Crippen molar-refractivity contribution in [3.63, 3.8) is 0 Å². The van der Waals surface area contributed by atoms with Gasteiger partial charge in [-0.3, -0.25) is 4.79 Å². The second-order valence-electron chi connectivity index (χ2n) is 22.3. The fourth-order valence-corrected chi connectivity index (χ4v) is 11.7. The van der Waals surface area contributed by atoms with Crippen molar-refractivity contribution in [3.05, 3.63) is 34.8 Å². The Labute approximate surface area is 437 Å². The number of hydrogen-bond acceptors (Lipinski definition) is 4. The predicted molar refractivity (Wildman–Crippen MR) is 305 cm³/mol. The summed E-state index contributed by atoms with van der Waals surface area (Å²) in [6, 6.07) is 5.59. The molecule has 1 aromatic rings. The van der Waals surface area contributed by atoms with Crippen molar-refractivity contribution < 1.29 is 14.3 Å². The highest BCUT2D eigenvalue weighted by Crippen LogP contribution is 2.34. The third-order valence-corrected chi connectivity index (χ3v) is 16.4. The van der Waals surface area contributed by atoms with E-state index in [2.05, 4.69) is 27.3 Å². The molecule has 400 valence electrons. The first kappa shape index (κ1) is 61.9. The lowest BCUT2D eigenvalue weighted by molar-refractivity contribution is -0.169. The first-order chi connectivity index (χ1) is 34.1. The lowest BCUT2D eigenvalue weighted by Gasteiger charge is -2.29. The fourth-order valence-electron chi connectivity index (χ4n) is 11.3. The summed E-state index contributed by atoms with van der Waals surface area (Å²) in [5.74, 6) is -0.261. The van der Waals surface area contributed by atoms with Crippen LogP contribution in [0.3, 0.4) is 0 Å². The average molecular weight is 1030 g/mol. The van der Waals surface area contributed by atoms with Crippen LogP contribution in [0.2, 0.25) is 0 Å². The number of halogens is 1.